The van der Waals surface area contributed by atoms with E-state index in [1.807, 2.05) is 0 Å². The molecule has 0 aromatic heterocycles. The van der Waals surface area contributed by atoms with Crippen LogP contribution in [0.3, 0.4) is 0 Å². The smallest absolute Gasteiger partial charge is 0.200 e. The third-order valence-corrected chi connectivity index (χ3v) is 4.61. The van der Waals surface area contributed by atoms with Crippen LogP contribution in [0.25, 0.3) is 0 Å². The van der Waals surface area contributed by atoms with Crippen molar-refractivity contribution in [1.82, 2.24) is 0 Å². The van der Waals surface area contributed by atoms with Crippen molar-refractivity contribution in [3.05, 3.63) is 35.4 Å². The number of hydrogen-bond acceptors (Lipinski definition) is 11. The Balaban J connectivity index is 2.67. The zero-order valence-corrected chi connectivity index (χ0v) is 14.8. The molecule has 11 nitrogen and oxygen atoms in total. The highest BCUT2D eigenvalue weighted by Gasteiger charge is 2.39. The molecule has 2 rings (SSSR count). The van der Waals surface area contributed by atoms with E-state index in [9.17, 15) is 51.1 Å². The van der Waals surface area contributed by atoms with E-state index in [2.05, 4.69) is 0 Å². The third kappa shape index (κ3) is 4.09. The van der Waals surface area contributed by atoms with Crippen molar-refractivity contribution < 1.29 is 56.2 Å². The highest BCUT2D eigenvalue weighted by atomic mass is 16.4. The first-order chi connectivity index (χ1) is 13.5. The van der Waals surface area contributed by atoms with Gasteiger partial charge in [0.1, 0.15) is 18.3 Å². The van der Waals surface area contributed by atoms with Gasteiger partial charge in [-0.15, -0.1) is 0 Å². The SMILES string of the molecule is OCC(O)C(O)C(O)C(O)C(c1ccc(O)c(O)c1O)c1ccc(O)c(O)c1O. The van der Waals surface area contributed by atoms with Gasteiger partial charge in [-0.1, -0.05) is 12.1 Å². The molecular formula is C18H22O11. The average molecular weight is 414 g/mol. The van der Waals surface area contributed by atoms with Gasteiger partial charge < -0.3 is 56.2 Å². The minimum Gasteiger partial charge on any atom is -0.504 e. The summed E-state index contributed by atoms with van der Waals surface area (Å²) in [4.78, 5) is 0. The summed E-state index contributed by atoms with van der Waals surface area (Å²) in [7, 11) is 0. The van der Waals surface area contributed by atoms with Crippen LogP contribution >= 0.6 is 0 Å². The lowest BCUT2D eigenvalue weighted by Gasteiger charge is -2.32. The van der Waals surface area contributed by atoms with Crippen LogP contribution in [0.15, 0.2) is 24.3 Å². The molecule has 0 saturated carbocycles. The standard InChI is InChI=1S/C18H22O11/c19-5-10(22)16(27)18(29)17(28)11(6-1-3-8(20)14(25)12(6)23)7-2-4-9(21)15(26)13(7)24/h1-4,10-11,16-29H,5H2. The second-order valence-corrected chi connectivity index (χ2v) is 6.44. The molecule has 0 fully saturated rings. The summed E-state index contributed by atoms with van der Waals surface area (Å²) in [5, 5.41) is 108. The van der Waals surface area contributed by atoms with Gasteiger partial charge >= 0.3 is 0 Å². The Labute approximate surface area is 163 Å². The van der Waals surface area contributed by atoms with Crippen LogP contribution in [0, 0.1) is 0 Å². The summed E-state index contributed by atoms with van der Waals surface area (Å²) in [5.41, 5.74) is -0.698. The predicted molar refractivity (Wildman–Crippen MR) is 95.8 cm³/mol. The van der Waals surface area contributed by atoms with Crippen molar-refractivity contribution in [3.8, 4) is 34.5 Å². The molecule has 0 spiro atoms. The fourth-order valence-electron chi connectivity index (χ4n) is 2.94. The van der Waals surface area contributed by atoms with Gasteiger partial charge in [0.25, 0.3) is 0 Å². The van der Waals surface area contributed by atoms with E-state index in [-0.39, 0.29) is 11.1 Å². The van der Waals surface area contributed by atoms with E-state index < -0.39 is 71.4 Å². The maximum Gasteiger partial charge on any atom is 0.200 e. The van der Waals surface area contributed by atoms with E-state index in [0.717, 1.165) is 24.3 Å². The normalized spacial score (nSPS) is 15.8. The molecule has 0 aliphatic rings. The van der Waals surface area contributed by atoms with Crippen molar-refractivity contribution in [2.24, 2.45) is 0 Å². The Morgan fingerprint density at radius 2 is 0.966 bits per heavy atom. The lowest BCUT2D eigenvalue weighted by Crippen LogP contribution is -2.48. The molecule has 4 unspecified atom stereocenters. The van der Waals surface area contributed by atoms with Crippen molar-refractivity contribution in [1.29, 1.82) is 0 Å². The minimum absolute atomic E-state index is 0.349. The first-order valence-electron chi connectivity index (χ1n) is 8.33. The van der Waals surface area contributed by atoms with Gasteiger partial charge in [0, 0.05) is 17.0 Å². The zero-order valence-electron chi connectivity index (χ0n) is 14.8. The molecule has 0 radical (unpaired) electrons. The number of aliphatic hydroxyl groups is 5. The van der Waals surface area contributed by atoms with Crippen molar-refractivity contribution in [2.45, 2.75) is 30.3 Å². The molecule has 160 valence electrons. The first-order valence-corrected chi connectivity index (χ1v) is 8.33. The fraction of sp³-hybridized carbons (Fsp3) is 0.333. The largest absolute Gasteiger partial charge is 0.504 e. The van der Waals surface area contributed by atoms with Crippen LogP contribution in [0.2, 0.25) is 0 Å². The van der Waals surface area contributed by atoms with Crippen LogP contribution in [-0.4, -0.2) is 87.2 Å². The molecule has 4 atom stereocenters. The number of benzene rings is 2. The second-order valence-electron chi connectivity index (χ2n) is 6.44. The molecule has 11 heteroatoms. The molecule has 0 aliphatic carbocycles. The van der Waals surface area contributed by atoms with Crippen LogP contribution in [0.4, 0.5) is 0 Å². The molecule has 0 amide bonds. The Bertz CT molecular complexity index is 812. The maximum absolute atomic E-state index is 10.7. The molecule has 0 bridgehead atoms. The zero-order chi connectivity index (χ0) is 22.0. The van der Waals surface area contributed by atoms with Crippen LogP contribution in [0.1, 0.15) is 17.0 Å². The van der Waals surface area contributed by atoms with Crippen LogP contribution < -0.4 is 0 Å². The number of phenolic OH excluding ortho intramolecular Hbond substituents is 6. The summed E-state index contributed by atoms with van der Waals surface area (Å²) < 4.78 is 0. The lowest BCUT2D eigenvalue weighted by atomic mass is 9.81. The summed E-state index contributed by atoms with van der Waals surface area (Å²) in [6.07, 6.45) is -8.13. The van der Waals surface area contributed by atoms with Gasteiger partial charge in [-0.3, -0.25) is 0 Å². The van der Waals surface area contributed by atoms with Crippen molar-refractivity contribution in [2.75, 3.05) is 6.61 Å². The average Bonchev–Trinajstić information content (AvgIpc) is 2.71. The monoisotopic (exact) mass is 414 g/mol. The molecule has 29 heavy (non-hydrogen) atoms. The Kier molecular flexibility index (Phi) is 6.62. The topological polar surface area (TPSA) is 223 Å². The van der Waals surface area contributed by atoms with Crippen LogP contribution in [0.5, 0.6) is 34.5 Å². The minimum atomic E-state index is -2.15. The summed E-state index contributed by atoms with van der Waals surface area (Å²) >= 11 is 0. The van der Waals surface area contributed by atoms with Crippen molar-refractivity contribution >= 4 is 0 Å². The number of hydrogen-bond donors (Lipinski definition) is 11. The van der Waals surface area contributed by atoms with Gasteiger partial charge in [-0.05, 0) is 12.1 Å². The summed E-state index contributed by atoms with van der Waals surface area (Å²) in [6, 6.07) is 3.94. The summed E-state index contributed by atoms with van der Waals surface area (Å²) in [5.74, 6) is -6.92. The van der Waals surface area contributed by atoms with E-state index in [0.29, 0.717) is 0 Å². The second kappa shape index (κ2) is 8.59. The number of aliphatic hydroxyl groups excluding tert-OH is 5. The number of aromatic hydroxyl groups is 6. The fourth-order valence-corrected chi connectivity index (χ4v) is 2.94. The van der Waals surface area contributed by atoms with Crippen molar-refractivity contribution in [3.63, 3.8) is 0 Å². The summed E-state index contributed by atoms with van der Waals surface area (Å²) in [6.45, 7) is -0.952. The first kappa shape index (κ1) is 22.3. The Morgan fingerprint density at radius 3 is 1.34 bits per heavy atom. The number of rotatable bonds is 7. The van der Waals surface area contributed by atoms with E-state index in [1.54, 1.807) is 0 Å². The molecule has 0 aliphatic heterocycles. The van der Waals surface area contributed by atoms with E-state index >= 15 is 0 Å². The van der Waals surface area contributed by atoms with Gasteiger partial charge in [0.15, 0.2) is 23.0 Å². The van der Waals surface area contributed by atoms with E-state index in [1.165, 1.54) is 0 Å². The third-order valence-electron chi connectivity index (χ3n) is 4.61. The Morgan fingerprint density at radius 1 is 0.552 bits per heavy atom. The predicted octanol–water partition coefficient (Wildman–Crippen LogP) is -1.51. The quantitative estimate of drug-likeness (QED) is 0.234. The molecular weight excluding hydrogens is 392 g/mol. The molecule has 2 aromatic carbocycles. The highest BCUT2D eigenvalue weighted by molar-refractivity contribution is 5.61. The van der Waals surface area contributed by atoms with Gasteiger partial charge in [-0.25, -0.2) is 0 Å². The molecule has 2 aromatic rings. The highest BCUT2D eigenvalue weighted by Crippen LogP contribution is 2.48. The van der Waals surface area contributed by atoms with Gasteiger partial charge in [0.2, 0.25) is 11.5 Å². The molecule has 0 heterocycles. The van der Waals surface area contributed by atoms with E-state index in [4.69, 9.17) is 5.11 Å². The maximum atomic E-state index is 10.7. The number of phenols is 6. The van der Waals surface area contributed by atoms with Gasteiger partial charge in [-0.2, -0.15) is 0 Å². The lowest BCUT2D eigenvalue weighted by molar-refractivity contribution is -0.118. The Hall–Kier alpha value is -2.96. The molecule has 0 saturated heterocycles. The molecule has 11 N–H and O–H groups in total. The van der Waals surface area contributed by atoms with Crippen LogP contribution in [-0.2, 0) is 0 Å². The van der Waals surface area contributed by atoms with Gasteiger partial charge in [0.05, 0.1) is 12.7 Å².